The van der Waals surface area contributed by atoms with E-state index in [1.54, 1.807) is 36.7 Å². The van der Waals surface area contributed by atoms with Crippen LogP contribution in [-0.2, 0) is 4.79 Å². The Morgan fingerprint density at radius 3 is 2.34 bits per heavy atom. The number of amides is 2. The normalized spacial score (nSPS) is 20.2. The van der Waals surface area contributed by atoms with Crippen LogP contribution >= 0.6 is 0 Å². The van der Waals surface area contributed by atoms with E-state index in [0.29, 0.717) is 37.0 Å². The van der Waals surface area contributed by atoms with E-state index in [1.165, 1.54) is 15.9 Å². The fourth-order valence-corrected chi connectivity index (χ4v) is 5.04. The second-order valence-corrected chi connectivity index (χ2v) is 10.5. The Hall–Kier alpha value is -3.56. The number of hydrogen-bond donors (Lipinski definition) is 2. The lowest BCUT2D eigenvalue weighted by Crippen LogP contribution is -2.54. The molecule has 9 nitrogen and oxygen atoms in total. The molecule has 2 heterocycles. The van der Waals surface area contributed by atoms with Crippen molar-refractivity contribution in [2.45, 2.75) is 44.2 Å². The number of aromatic nitrogens is 3. The van der Waals surface area contributed by atoms with Gasteiger partial charge in [0, 0.05) is 43.7 Å². The van der Waals surface area contributed by atoms with Crippen molar-refractivity contribution in [3.8, 4) is 5.69 Å². The molecule has 2 aromatic carbocycles. The maximum Gasteiger partial charge on any atom is 0.251 e. The molecule has 1 saturated heterocycles. The van der Waals surface area contributed by atoms with Gasteiger partial charge in [-0.2, -0.15) is 15.0 Å². The molecule has 0 bridgehead atoms. The summed E-state index contributed by atoms with van der Waals surface area (Å²) >= 11 is 0. The summed E-state index contributed by atoms with van der Waals surface area (Å²) in [5.74, 6) is 0.331. The maximum absolute atomic E-state index is 13.4. The summed E-state index contributed by atoms with van der Waals surface area (Å²) in [6.45, 7) is 6.00. The molecule has 0 spiro atoms. The van der Waals surface area contributed by atoms with Gasteiger partial charge in [0.05, 0.1) is 18.1 Å². The summed E-state index contributed by atoms with van der Waals surface area (Å²) in [5, 5.41) is 14.9. The molecule has 1 aromatic heterocycles. The predicted octanol–water partition coefficient (Wildman–Crippen LogP) is 2.37. The molecule has 9 heteroatoms. The first kappa shape index (κ1) is 26.1. The van der Waals surface area contributed by atoms with Crippen LogP contribution in [0.2, 0.25) is 0 Å². The molecule has 2 amide bonds. The van der Waals surface area contributed by atoms with Gasteiger partial charge in [-0.25, -0.2) is 0 Å². The second kappa shape index (κ2) is 11.9. The SMILES string of the molecule is Cc1ccc([C@@H]2C[C@H]2NCCC[C@H](NC(=O)c2ccc(-n3nccn3)cc2)C(=O)N2CCN(C)CC2)cc1. The molecule has 2 N–H and O–H groups in total. The number of aryl methyl sites for hydroxylation is 1. The fraction of sp³-hybridized carbons (Fsp3) is 0.448. The molecule has 200 valence electrons. The van der Waals surface area contributed by atoms with E-state index in [9.17, 15) is 9.59 Å². The van der Waals surface area contributed by atoms with Gasteiger partial charge in [-0.05, 0) is 69.6 Å². The monoisotopic (exact) mass is 515 g/mol. The largest absolute Gasteiger partial charge is 0.340 e. The van der Waals surface area contributed by atoms with Crippen molar-refractivity contribution in [3.63, 3.8) is 0 Å². The van der Waals surface area contributed by atoms with Crippen LogP contribution in [0.4, 0.5) is 0 Å². The minimum atomic E-state index is -0.549. The third kappa shape index (κ3) is 6.46. The highest BCUT2D eigenvalue weighted by atomic mass is 16.2. The summed E-state index contributed by atoms with van der Waals surface area (Å²) in [7, 11) is 2.07. The predicted molar refractivity (Wildman–Crippen MR) is 146 cm³/mol. The van der Waals surface area contributed by atoms with E-state index in [0.717, 1.165) is 38.2 Å². The summed E-state index contributed by atoms with van der Waals surface area (Å²) < 4.78 is 0. The van der Waals surface area contributed by atoms with Crippen molar-refractivity contribution in [2.75, 3.05) is 39.8 Å². The second-order valence-electron chi connectivity index (χ2n) is 10.5. The van der Waals surface area contributed by atoms with Crippen molar-refractivity contribution >= 4 is 11.8 Å². The minimum absolute atomic E-state index is 0.00719. The van der Waals surface area contributed by atoms with E-state index < -0.39 is 6.04 Å². The molecule has 3 aromatic rings. The van der Waals surface area contributed by atoms with Gasteiger partial charge in [-0.3, -0.25) is 9.59 Å². The van der Waals surface area contributed by atoms with Crippen molar-refractivity contribution in [2.24, 2.45) is 0 Å². The van der Waals surface area contributed by atoms with Crippen LogP contribution in [0.3, 0.4) is 0 Å². The zero-order chi connectivity index (χ0) is 26.5. The van der Waals surface area contributed by atoms with Gasteiger partial charge < -0.3 is 20.4 Å². The van der Waals surface area contributed by atoms with Gasteiger partial charge in [0.25, 0.3) is 5.91 Å². The van der Waals surface area contributed by atoms with Crippen LogP contribution in [-0.4, -0.2) is 88.5 Å². The topological polar surface area (TPSA) is 95.4 Å². The number of carbonyl (C=O) groups excluding carboxylic acids is 2. The van der Waals surface area contributed by atoms with Gasteiger partial charge >= 0.3 is 0 Å². The highest BCUT2D eigenvalue weighted by Gasteiger charge is 2.37. The first-order valence-electron chi connectivity index (χ1n) is 13.5. The summed E-state index contributed by atoms with van der Waals surface area (Å²) in [6.07, 6.45) is 5.77. The first-order valence-corrected chi connectivity index (χ1v) is 13.5. The number of carbonyl (C=O) groups is 2. The van der Waals surface area contributed by atoms with Crippen LogP contribution in [0.25, 0.3) is 5.69 Å². The molecule has 1 aliphatic carbocycles. The standard InChI is InChI=1S/C29H37N7O2/c1-21-5-7-22(8-6-21)25-20-27(25)30-13-3-4-26(29(38)35-18-16-34(2)17-19-35)33-28(37)23-9-11-24(12-10-23)36-31-14-15-32-36/h5-12,14-15,25-27,30H,3-4,13,16-20H2,1-2H3,(H,33,37)/t25-,26-,27+/m0/s1. The van der Waals surface area contributed by atoms with Crippen molar-refractivity contribution in [3.05, 3.63) is 77.6 Å². The van der Waals surface area contributed by atoms with E-state index in [1.807, 2.05) is 4.90 Å². The number of nitrogens with zero attached hydrogens (tertiary/aromatic N) is 5. The molecule has 1 saturated carbocycles. The molecule has 3 atom stereocenters. The van der Waals surface area contributed by atoms with E-state index in [2.05, 4.69) is 64.0 Å². The van der Waals surface area contributed by atoms with Gasteiger partial charge in [0.15, 0.2) is 0 Å². The smallest absolute Gasteiger partial charge is 0.251 e. The highest BCUT2D eigenvalue weighted by molar-refractivity contribution is 5.97. The Morgan fingerprint density at radius 1 is 0.974 bits per heavy atom. The van der Waals surface area contributed by atoms with Gasteiger partial charge in [-0.1, -0.05) is 29.8 Å². The van der Waals surface area contributed by atoms with Gasteiger partial charge in [-0.15, -0.1) is 0 Å². The first-order chi connectivity index (χ1) is 18.5. The van der Waals surface area contributed by atoms with Crippen molar-refractivity contribution in [1.29, 1.82) is 0 Å². The quantitative estimate of drug-likeness (QED) is 0.403. The average Bonchev–Trinajstić information content (AvgIpc) is 3.49. The molecular weight excluding hydrogens is 478 g/mol. The molecular formula is C29H37N7O2. The molecule has 0 unspecified atom stereocenters. The number of likely N-dealkylation sites (N-methyl/N-ethyl adjacent to an activating group) is 1. The van der Waals surface area contributed by atoms with Crippen molar-refractivity contribution < 1.29 is 9.59 Å². The maximum atomic E-state index is 13.4. The summed E-state index contributed by atoms with van der Waals surface area (Å²) in [5.41, 5.74) is 3.95. The van der Waals surface area contributed by atoms with Crippen LogP contribution in [0.5, 0.6) is 0 Å². The molecule has 1 aliphatic heterocycles. The van der Waals surface area contributed by atoms with Crippen LogP contribution in [0, 0.1) is 6.92 Å². The molecule has 2 fully saturated rings. The third-order valence-electron chi connectivity index (χ3n) is 7.57. The lowest BCUT2D eigenvalue weighted by atomic mass is 10.1. The fourth-order valence-electron chi connectivity index (χ4n) is 5.04. The van der Waals surface area contributed by atoms with E-state index >= 15 is 0 Å². The number of benzene rings is 2. The molecule has 2 aliphatic rings. The van der Waals surface area contributed by atoms with Crippen LogP contribution < -0.4 is 10.6 Å². The zero-order valence-corrected chi connectivity index (χ0v) is 22.2. The number of hydrogen-bond acceptors (Lipinski definition) is 6. The highest BCUT2D eigenvalue weighted by Crippen LogP contribution is 2.40. The van der Waals surface area contributed by atoms with Gasteiger partial charge in [0.2, 0.25) is 5.91 Å². The Morgan fingerprint density at radius 2 is 1.66 bits per heavy atom. The molecule has 0 radical (unpaired) electrons. The Labute approximate surface area is 224 Å². The minimum Gasteiger partial charge on any atom is -0.340 e. The Kier molecular flexibility index (Phi) is 8.14. The Bertz CT molecular complexity index is 1200. The Balaban J connectivity index is 1.16. The summed E-state index contributed by atoms with van der Waals surface area (Å²) in [4.78, 5) is 32.2. The number of nitrogens with one attached hydrogen (secondary N) is 2. The van der Waals surface area contributed by atoms with Crippen molar-refractivity contribution in [1.82, 2.24) is 35.4 Å². The average molecular weight is 516 g/mol. The third-order valence-corrected chi connectivity index (χ3v) is 7.57. The van der Waals surface area contributed by atoms with Gasteiger partial charge in [0.1, 0.15) is 6.04 Å². The molecule has 5 rings (SSSR count). The summed E-state index contributed by atoms with van der Waals surface area (Å²) in [6, 6.07) is 15.8. The molecule has 38 heavy (non-hydrogen) atoms. The van der Waals surface area contributed by atoms with Crippen LogP contribution in [0.15, 0.2) is 60.9 Å². The van der Waals surface area contributed by atoms with E-state index in [-0.39, 0.29) is 11.8 Å². The number of piperazine rings is 1. The zero-order valence-electron chi connectivity index (χ0n) is 22.2. The lowest BCUT2D eigenvalue weighted by molar-refractivity contribution is -0.135. The lowest BCUT2D eigenvalue weighted by Gasteiger charge is -2.34. The number of rotatable bonds is 10. The van der Waals surface area contributed by atoms with E-state index in [4.69, 9.17) is 0 Å². The van der Waals surface area contributed by atoms with Crippen LogP contribution in [0.1, 0.15) is 46.7 Å².